The van der Waals surface area contributed by atoms with E-state index in [2.05, 4.69) is 10.3 Å². The van der Waals surface area contributed by atoms with Gasteiger partial charge in [-0.3, -0.25) is 9.78 Å². The van der Waals surface area contributed by atoms with Gasteiger partial charge in [0.15, 0.2) is 0 Å². The average Bonchev–Trinajstić information content (AvgIpc) is 2.63. The number of rotatable bonds is 4. The van der Waals surface area contributed by atoms with Crippen molar-refractivity contribution in [2.45, 2.75) is 13.0 Å². The van der Waals surface area contributed by atoms with E-state index in [9.17, 15) is 9.90 Å². The fraction of sp³-hybridized carbons (Fsp3) is 0.158. The summed E-state index contributed by atoms with van der Waals surface area (Å²) in [6.07, 6.45) is 1.58. The van der Waals surface area contributed by atoms with Crippen LogP contribution in [0.5, 0.6) is 11.5 Å². The molecule has 1 heterocycles. The lowest BCUT2D eigenvalue weighted by molar-refractivity contribution is -0.119. The van der Waals surface area contributed by atoms with Crippen LogP contribution in [0.4, 0.5) is 0 Å². The number of aromatic nitrogens is 1. The number of amides is 1. The summed E-state index contributed by atoms with van der Waals surface area (Å²) < 4.78 is 5.41. The van der Waals surface area contributed by atoms with Gasteiger partial charge < -0.3 is 15.2 Å². The predicted molar refractivity (Wildman–Crippen MR) is 97.1 cm³/mol. The maximum Gasteiger partial charge on any atom is 0.217 e. The minimum atomic E-state index is -0.627. The molecule has 1 atom stereocenters. The summed E-state index contributed by atoms with van der Waals surface area (Å²) >= 11 is 6.38. The molecule has 1 aromatic heterocycles. The zero-order valence-electron chi connectivity index (χ0n) is 13.8. The van der Waals surface area contributed by atoms with Crippen molar-refractivity contribution >= 4 is 28.4 Å². The largest absolute Gasteiger partial charge is 0.505 e. The van der Waals surface area contributed by atoms with Gasteiger partial charge in [-0.25, -0.2) is 0 Å². The molecule has 128 valence electrons. The highest BCUT2D eigenvalue weighted by Crippen LogP contribution is 2.40. The molecule has 0 bridgehead atoms. The van der Waals surface area contributed by atoms with Crippen molar-refractivity contribution in [1.82, 2.24) is 10.3 Å². The molecule has 2 N–H and O–H groups in total. The van der Waals surface area contributed by atoms with E-state index in [1.807, 2.05) is 18.2 Å². The number of phenolic OH excluding ortho intramolecular Hbond substituents is 1. The SMILES string of the molecule is COc1ccccc1[C@@H](NC(C)=O)c1cc(Cl)c2cccnc2c1O. The Bertz CT molecular complexity index is 943. The number of carbonyl (C=O) groups is 1. The summed E-state index contributed by atoms with van der Waals surface area (Å²) in [4.78, 5) is 16.0. The van der Waals surface area contributed by atoms with E-state index in [-0.39, 0.29) is 11.7 Å². The number of carbonyl (C=O) groups excluding carboxylic acids is 1. The second-order valence-corrected chi connectivity index (χ2v) is 5.98. The van der Waals surface area contributed by atoms with E-state index < -0.39 is 6.04 Å². The Morgan fingerprint density at radius 2 is 2.00 bits per heavy atom. The maximum atomic E-state index is 11.8. The number of hydrogen-bond acceptors (Lipinski definition) is 4. The smallest absolute Gasteiger partial charge is 0.217 e. The minimum absolute atomic E-state index is 0.0235. The van der Waals surface area contributed by atoms with Gasteiger partial charge in [0.25, 0.3) is 0 Å². The van der Waals surface area contributed by atoms with Crippen LogP contribution >= 0.6 is 11.6 Å². The summed E-state index contributed by atoms with van der Waals surface area (Å²) in [5, 5.41) is 14.7. The number of fused-ring (bicyclic) bond motifs is 1. The number of ether oxygens (including phenoxy) is 1. The van der Waals surface area contributed by atoms with Gasteiger partial charge in [0.1, 0.15) is 17.0 Å². The van der Waals surface area contributed by atoms with Gasteiger partial charge in [0, 0.05) is 29.6 Å². The Labute approximate surface area is 150 Å². The van der Waals surface area contributed by atoms with E-state index >= 15 is 0 Å². The van der Waals surface area contributed by atoms with Crippen LogP contribution in [0.25, 0.3) is 10.9 Å². The zero-order valence-corrected chi connectivity index (χ0v) is 14.5. The molecule has 0 unspecified atom stereocenters. The molecule has 6 heteroatoms. The Morgan fingerprint density at radius 1 is 1.24 bits per heavy atom. The van der Waals surface area contributed by atoms with Crippen LogP contribution in [0.1, 0.15) is 24.1 Å². The molecule has 3 aromatic rings. The zero-order chi connectivity index (χ0) is 18.0. The van der Waals surface area contributed by atoms with Crippen LogP contribution < -0.4 is 10.1 Å². The van der Waals surface area contributed by atoms with E-state index in [0.717, 1.165) is 0 Å². The molecule has 0 saturated carbocycles. The molecule has 0 spiro atoms. The first-order valence-corrected chi connectivity index (χ1v) is 8.06. The van der Waals surface area contributed by atoms with Gasteiger partial charge in [-0.15, -0.1) is 0 Å². The molecule has 5 nitrogen and oxygen atoms in total. The van der Waals surface area contributed by atoms with Crippen LogP contribution in [0.2, 0.25) is 5.02 Å². The minimum Gasteiger partial charge on any atom is -0.505 e. The lowest BCUT2D eigenvalue weighted by Gasteiger charge is -2.23. The average molecular weight is 357 g/mol. The van der Waals surface area contributed by atoms with E-state index in [0.29, 0.717) is 32.8 Å². The second-order valence-electron chi connectivity index (χ2n) is 5.57. The summed E-state index contributed by atoms with van der Waals surface area (Å²) in [6, 6.07) is 11.8. The first kappa shape index (κ1) is 17.0. The summed E-state index contributed by atoms with van der Waals surface area (Å²) in [6.45, 7) is 1.42. The van der Waals surface area contributed by atoms with Crippen LogP contribution in [0, 0.1) is 0 Å². The highest BCUT2D eigenvalue weighted by molar-refractivity contribution is 6.35. The number of halogens is 1. The van der Waals surface area contributed by atoms with Crippen LogP contribution in [-0.4, -0.2) is 23.1 Å². The molecule has 1 amide bonds. The fourth-order valence-corrected chi connectivity index (χ4v) is 3.13. The van der Waals surface area contributed by atoms with Gasteiger partial charge in [-0.2, -0.15) is 0 Å². The maximum absolute atomic E-state index is 11.8. The lowest BCUT2D eigenvalue weighted by atomic mass is 9.95. The monoisotopic (exact) mass is 356 g/mol. The van der Waals surface area contributed by atoms with Crippen LogP contribution in [-0.2, 0) is 4.79 Å². The van der Waals surface area contributed by atoms with Crippen molar-refractivity contribution in [2.75, 3.05) is 7.11 Å². The van der Waals surface area contributed by atoms with Crippen LogP contribution in [0.15, 0.2) is 48.7 Å². The van der Waals surface area contributed by atoms with E-state index in [1.54, 1.807) is 37.6 Å². The number of methoxy groups -OCH3 is 1. The molecule has 25 heavy (non-hydrogen) atoms. The molecule has 3 rings (SSSR count). The third-order valence-corrected chi connectivity index (χ3v) is 4.27. The molecule has 0 radical (unpaired) electrons. The molecule has 0 aliphatic carbocycles. The Hall–Kier alpha value is -2.79. The molecule has 0 aliphatic rings. The van der Waals surface area contributed by atoms with Gasteiger partial charge in [-0.1, -0.05) is 29.8 Å². The Morgan fingerprint density at radius 3 is 2.72 bits per heavy atom. The number of para-hydroxylation sites is 1. The molecule has 2 aromatic carbocycles. The molecule has 0 fully saturated rings. The van der Waals surface area contributed by atoms with E-state index in [1.165, 1.54) is 6.92 Å². The summed E-state index contributed by atoms with van der Waals surface area (Å²) in [7, 11) is 1.55. The van der Waals surface area contributed by atoms with Crippen LogP contribution in [0.3, 0.4) is 0 Å². The van der Waals surface area contributed by atoms with Crippen molar-refractivity contribution < 1.29 is 14.6 Å². The quantitative estimate of drug-likeness (QED) is 0.745. The third-order valence-electron chi connectivity index (χ3n) is 3.95. The normalized spacial score (nSPS) is 12.0. The lowest BCUT2D eigenvalue weighted by Crippen LogP contribution is -2.27. The number of aromatic hydroxyl groups is 1. The second kappa shape index (κ2) is 6.99. The van der Waals surface area contributed by atoms with Gasteiger partial charge in [0.2, 0.25) is 5.91 Å². The first-order chi connectivity index (χ1) is 12.0. The first-order valence-electron chi connectivity index (χ1n) is 7.69. The predicted octanol–water partition coefficient (Wildman–Crippen LogP) is 3.83. The van der Waals surface area contributed by atoms with Crippen molar-refractivity contribution in [3.05, 3.63) is 64.8 Å². The number of benzene rings is 2. The van der Waals surface area contributed by atoms with E-state index in [4.69, 9.17) is 16.3 Å². The fourth-order valence-electron chi connectivity index (χ4n) is 2.86. The third kappa shape index (κ3) is 3.23. The van der Waals surface area contributed by atoms with Crippen molar-refractivity contribution in [1.29, 1.82) is 0 Å². The van der Waals surface area contributed by atoms with Gasteiger partial charge in [-0.05, 0) is 24.3 Å². The van der Waals surface area contributed by atoms with Crippen molar-refractivity contribution in [2.24, 2.45) is 0 Å². The highest BCUT2D eigenvalue weighted by Gasteiger charge is 2.24. The standard InChI is InChI=1S/C19H17ClN2O3/c1-11(23)22-17(13-6-3-4-8-16(13)25-2)14-10-15(20)12-7-5-9-21-18(12)19(14)24/h3-10,17,24H,1-2H3,(H,22,23)/t17-/m1/s1. The summed E-state index contributed by atoms with van der Waals surface area (Å²) in [5.74, 6) is 0.329. The van der Waals surface area contributed by atoms with Gasteiger partial charge in [0.05, 0.1) is 18.2 Å². The van der Waals surface area contributed by atoms with Crippen molar-refractivity contribution in [3.8, 4) is 11.5 Å². The Kier molecular flexibility index (Phi) is 4.76. The summed E-state index contributed by atoms with van der Waals surface area (Å²) in [5.41, 5.74) is 1.55. The molecule has 0 aliphatic heterocycles. The molecule has 0 saturated heterocycles. The molecular formula is C19H17ClN2O3. The number of phenols is 1. The number of pyridine rings is 1. The molecular weight excluding hydrogens is 340 g/mol. The number of nitrogens with one attached hydrogen (secondary N) is 1. The number of nitrogens with zero attached hydrogens (tertiary/aromatic N) is 1. The highest BCUT2D eigenvalue weighted by atomic mass is 35.5. The van der Waals surface area contributed by atoms with Gasteiger partial charge >= 0.3 is 0 Å². The topological polar surface area (TPSA) is 71.5 Å². The number of hydrogen-bond donors (Lipinski definition) is 2. The Balaban J connectivity index is 2.26. The van der Waals surface area contributed by atoms with Crippen molar-refractivity contribution in [3.63, 3.8) is 0 Å².